The van der Waals surface area contributed by atoms with Crippen molar-refractivity contribution in [3.63, 3.8) is 0 Å². The predicted octanol–water partition coefficient (Wildman–Crippen LogP) is 1.51. The summed E-state index contributed by atoms with van der Waals surface area (Å²) < 4.78 is 5.18. The van der Waals surface area contributed by atoms with E-state index in [0.29, 0.717) is 6.54 Å². The summed E-state index contributed by atoms with van der Waals surface area (Å²) in [6, 6.07) is 0. The minimum Gasteiger partial charge on any atom is -0.444 e. The molecule has 1 heterocycles. The van der Waals surface area contributed by atoms with E-state index >= 15 is 0 Å². The molecule has 1 aliphatic rings. The zero-order valence-electron chi connectivity index (χ0n) is 10.1. The lowest BCUT2D eigenvalue weighted by Gasteiger charge is -2.42. The number of nitrogens with one attached hydrogen (secondary N) is 2. The summed E-state index contributed by atoms with van der Waals surface area (Å²) in [6.07, 6.45) is 0.762. The molecule has 88 valence electrons. The number of hydrogen-bond acceptors (Lipinski definition) is 3. The van der Waals surface area contributed by atoms with E-state index in [1.54, 1.807) is 0 Å². The van der Waals surface area contributed by atoms with Crippen molar-refractivity contribution < 1.29 is 9.53 Å². The fourth-order valence-electron chi connectivity index (χ4n) is 1.55. The van der Waals surface area contributed by atoms with E-state index in [4.69, 9.17) is 4.74 Å². The van der Waals surface area contributed by atoms with Gasteiger partial charge in [-0.3, -0.25) is 0 Å². The maximum absolute atomic E-state index is 11.4. The maximum atomic E-state index is 11.4. The van der Waals surface area contributed by atoms with Gasteiger partial charge in [-0.15, -0.1) is 0 Å². The van der Waals surface area contributed by atoms with Gasteiger partial charge in [-0.1, -0.05) is 6.92 Å². The Hall–Kier alpha value is -0.770. The van der Waals surface area contributed by atoms with Crippen LogP contribution in [0.5, 0.6) is 0 Å². The molecule has 0 saturated carbocycles. The van der Waals surface area contributed by atoms with Gasteiger partial charge in [0, 0.05) is 25.0 Å². The van der Waals surface area contributed by atoms with Crippen LogP contribution >= 0.6 is 0 Å². The molecule has 2 N–H and O–H groups in total. The van der Waals surface area contributed by atoms with Crippen LogP contribution in [0.15, 0.2) is 0 Å². The number of alkyl carbamates (subject to hydrolysis) is 1. The molecule has 0 aromatic carbocycles. The summed E-state index contributed by atoms with van der Waals surface area (Å²) in [7, 11) is 0. The quantitative estimate of drug-likeness (QED) is 0.748. The normalized spacial score (nSPS) is 19.2. The molecule has 4 nitrogen and oxygen atoms in total. The Labute approximate surface area is 91.8 Å². The molecule has 0 spiro atoms. The standard InChI is InChI=1S/C11H22N2O2/c1-5-11(6-12-7-11)8-13-9(14)15-10(2,3)4/h12H,5-8H2,1-4H3,(H,13,14). The Balaban J connectivity index is 2.27. The van der Waals surface area contributed by atoms with Crippen LogP contribution in [0.2, 0.25) is 0 Å². The van der Waals surface area contributed by atoms with Crippen LogP contribution in [0.25, 0.3) is 0 Å². The van der Waals surface area contributed by atoms with Crippen LogP contribution in [-0.2, 0) is 4.74 Å². The highest BCUT2D eigenvalue weighted by Crippen LogP contribution is 2.25. The molecule has 0 aliphatic carbocycles. The number of carbonyl (C=O) groups excluding carboxylic acids is 1. The monoisotopic (exact) mass is 214 g/mol. The van der Waals surface area contributed by atoms with Crippen LogP contribution in [0, 0.1) is 5.41 Å². The molecule has 4 heteroatoms. The molecule has 0 aromatic heterocycles. The topological polar surface area (TPSA) is 50.4 Å². The number of ether oxygens (including phenoxy) is 1. The van der Waals surface area contributed by atoms with Gasteiger partial charge in [0.25, 0.3) is 0 Å². The van der Waals surface area contributed by atoms with Gasteiger partial charge in [-0.05, 0) is 27.2 Å². The number of carbonyl (C=O) groups is 1. The lowest BCUT2D eigenvalue weighted by Crippen LogP contribution is -2.58. The lowest BCUT2D eigenvalue weighted by molar-refractivity contribution is 0.0471. The summed E-state index contributed by atoms with van der Waals surface area (Å²) >= 11 is 0. The largest absolute Gasteiger partial charge is 0.444 e. The summed E-state index contributed by atoms with van der Waals surface area (Å²) in [5, 5.41) is 6.06. The van der Waals surface area contributed by atoms with Crippen molar-refractivity contribution in [1.29, 1.82) is 0 Å². The smallest absolute Gasteiger partial charge is 0.407 e. The van der Waals surface area contributed by atoms with Crippen LogP contribution in [0.3, 0.4) is 0 Å². The molecule has 1 rings (SSSR count). The van der Waals surface area contributed by atoms with E-state index in [1.807, 2.05) is 20.8 Å². The number of amides is 1. The van der Waals surface area contributed by atoms with Gasteiger partial charge in [0.05, 0.1) is 0 Å². The van der Waals surface area contributed by atoms with E-state index in [2.05, 4.69) is 17.6 Å². The molecule has 0 aromatic rings. The SMILES string of the molecule is CCC1(CNC(=O)OC(C)(C)C)CNC1. The average Bonchev–Trinajstić information content (AvgIpc) is 1.99. The minimum absolute atomic E-state index is 0.247. The van der Waals surface area contributed by atoms with Gasteiger partial charge in [-0.2, -0.15) is 0 Å². The second-order valence-corrected chi connectivity index (χ2v) is 5.31. The second kappa shape index (κ2) is 4.39. The van der Waals surface area contributed by atoms with Crippen LogP contribution in [0.4, 0.5) is 4.79 Å². The van der Waals surface area contributed by atoms with Crippen molar-refractivity contribution in [2.75, 3.05) is 19.6 Å². The first-order valence-corrected chi connectivity index (χ1v) is 5.54. The van der Waals surface area contributed by atoms with Gasteiger partial charge in [0.2, 0.25) is 0 Å². The Morgan fingerprint density at radius 2 is 2.07 bits per heavy atom. The Bertz CT molecular complexity index is 224. The molecular weight excluding hydrogens is 192 g/mol. The zero-order chi connectivity index (χ0) is 11.5. The maximum Gasteiger partial charge on any atom is 0.407 e. The number of rotatable bonds is 3. The van der Waals surface area contributed by atoms with Crippen LogP contribution in [0.1, 0.15) is 34.1 Å². The van der Waals surface area contributed by atoms with Crippen LogP contribution < -0.4 is 10.6 Å². The second-order valence-electron chi connectivity index (χ2n) is 5.31. The third-order valence-corrected chi connectivity index (χ3v) is 2.76. The van der Waals surface area contributed by atoms with Gasteiger partial charge in [0.15, 0.2) is 0 Å². The molecule has 1 saturated heterocycles. The molecule has 0 radical (unpaired) electrons. The predicted molar refractivity (Wildman–Crippen MR) is 59.8 cm³/mol. The Kier molecular flexibility index (Phi) is 3.60. The van der Waals surface area contributed by atoms with Gasteiger partial charge >= 0.3 is 6.09 Å². The molecule has 1 amide bonds. The summed E-state index contributed by atoms with van der Waals surface area (Å²) in [4.78, 5) is 11.4. The van der Waals surface area contributed by atoms with Crippen molar-refractivity contribution in [2.24, 2.45) is 5.41 Å². The molecular formula is C11H22N2O2. The minimum atomic E-state index is -0.415. The molecule has 1 aliphatic heterocycles. The molecule has 0 atom stereocenters. The summed E-state index contributed by atoms with van der Waals surface area (Å²) in [5.74, 6) is 0. The molecule has 0 bridgehead atoms. The first-order chi connectivity index (χ1) is 6.87. The third-order valence-electron chi connectivity index (χ3n) is 2.76. The van der Waals surface area contributed by atoms with E-state index < -0.39 is 5.60 Å². The highest BCUT2D eigenvalue weighted by atomic mass is 16.6. The fraction of sp³-hybridized carbons (Fsp3) is 0.909. The molecule has 1 fully saturated rings. The fourth-order valence-corrected chi connectivity index (χ4v) is 1.55. The van der Waals surface area contributed by atoms with Crippen molar-refractivity contribution in [3.05, 3.63) is 0 Å². The van der Waals surface area contributed by atoms with Crippen molar-refractivity contribution in [3.8, 4) is 0 Å². The zero-order valence-corrected chi connectivity index (χ0v) is 10.1. The van der Waals surface area contributed by atoms with E-state index in [1.165, 1.54) is 0 Å². The van der Waals surface area contributed by atoms with E-state index in [9.17, 15) is 4.79 Å². The van der Waals surface area contributed by atoms with Gasteiger partial charge < -0.3 is 15.4 Å². The van der Waals surface area contributed by atoms with Gasteiger partial charge in [-0.25, -0.2) is 4.79 Å². The third kappa shape index (κ3) is 3.70. The number of hydrogen-bond donors (Lipinski definition) is 2. The van der Waals surface area contributed by atoms with E-state index in [-0.39, 0.29) is 11.5 Å². The first-order valence-electron chi connectivity index (χ1n) is 5.54. The average molecular weight is 214 g/mol. The van der Waals surface area contributed by atoms with Crippen molar-refractivity contribution in [1.82, 2.24) is 10.6 Å². The molecule has 0 unspecified atom stereocenters. The Morgan fingerprint density at radius 1 is 1.47 bits per heavy atom. The van der Waals surface area contributed by atoms with E-state index in [0.717, 1.165) is 19.5 Å². The summed E-state index contributed by atoms with van der Waals surface area (Å²) in [6.45, 7) is 10.4. The summed E-state index contributed by atoms with van der Waals surface area (Å²) in [5.41, 5.74) is -0.168. The van der Waals surface area contributed by atoms with Gasteiger partial charge in [0.1, 0.15) is 5.60 Å². The highest BCUT2D eigenvalue weighted by Gasteiger charge is 2.35. The first kappa shape index (κ1) is 12.3. The molecule has 15 heavy (non-hydrogen) atoms. The highest BCUT2D eigenvalue weighted by molar-refractivity contribution is 5.67. The van der Waals surface area contributed by atoms with Crippen molar-refractivity contribution >= 4 is 6.09 Å². The Morgan fingerprint density at radius 3 is 2.40 bits per heavy atom. The lowest BCUT2D eigenvalue weighted by atomic mass is 9.79. The van der Waals surface area contributed by atoms with Crippen molar-refractivity contribution in [2.45, 2.75) is 39.7 Å². The van der Waals surface area contributed by atoms with Crippen LogP contribution in [-0.4, -0.2) is 31.3 Å².